The Bertz CT molecular complexity index is 574. The number of carbonyl (C=O) groups excluding carboxylic acids is 2. The third kappa shape index (κ3) is 6.74. The largest absolute Gasteiger partial charge is 0.444 e. The highest BCUT2D eigenvalue weighted by molar-refractivity contribution is 5.68. The molecule has 2 amide bonds. The molecule has 172 valence electrons. The summed E-state index contributed by atoms with van der Waals surface area (Å²) in [7, 11) is 0. The fourth-order valence-electron chi connectivity index (χ4n) is 4.81. The van der Waals surface area contributed by atoms with E-state index in [-0.39, 0.29) is 12.2 Å². The molecule has 0 aromatic heterocycles. The second kappa shape index (κ2) is 8.91. The molecule has 8 heteroatoms. The molecule has 4 heterocycles. The van der Waals surface area contributed by atoms with Crippen molar-refractivity contribution >= 4 is 12.2 Å². The van der Waals surface area contributed by atoms with E-state index in [1.807, 2.05) is 41.5 Å². The second-order valence-corrected chi connectivity index (χ2v) is 11.1. The van der Waals surface area contributed by atoms with E-state index in [4.69, 9.17) is 9.47 Å². The first-order valence-corrected chi connectivity index (χ1v) is 11.3. The summed E-state index contributed by atoms with van der Waals surface area (Å²) >= 11 is 0. The van der Waals surface area contributed by atoms with Gasteiger partial charge in [-0.05, 0) is 79.3 Å². The van der Waals surface area contributed by atoms with E-state index in [0.29, 0.717) is 23.9 Å². The zero-order chi connectivity index (χ0) is 22.1. The van der Waals surface area contributed by atoms with Crippen LogP contribution in [-0.4, -0.2) is 84.5 Å². The zero-order valence-electron chi connectivity index (χ0n) is 19.5. The van der Waals surface area contributed by atoms with Gasteiger partial charge in [0.2, 0.25) is 0 Å². The summed E-state index contributed by atoms with van der Waals surface area (Å²) in [6.07, 6.45) is 1.86. The minimum Gasteiger partial charge on any atom is -0.444 e. The standard InChI is InChI=1S/2C11H20N2O2/c2*1-11(2,3)15-10(14)12-9-7-13-5-4-8(9)6-13/h2*8-9H,4-7H2,1-3H3,(H,12,14)/t2*8-,9+/m10/s1. The summed E-state index contributed by atoms with van der Waals surface area (Å²) in [6.45, 7) is 18.0. The van der Waals surface area contributed by atoms with Gasteiger partial charge in [0.05, 0.1) is 0 Å². The molecule has 30 heavy (non-hydrogen) atoms. The van der Waals surface area contributed by atoms with Crippen LogP contribution in [0.15, 0.2) is 0 Å². The number of hydrogen-bond acceptors (Lipinski definition) is 6. The van der Waals surface area contributed by atoms with E-state index >= 15 is 0 Å². The van der Waals surface area contributed by atoms with E-state index < -0.39 is 11.2 Å². The van der Waals surface area contributed by atoms with Gasteiger partial charge in [-0.1, -0.05) is 0 Å². The predicted octanol–water partition coefficient (Wildman–Crippen LogP) is 2.43. The Morgan fingerprint density at radius 1 is 0.700 bits per heavy atom. The summed E-state index contributed by atoms with van der Waals surface area (Å²) in [5, 5.41) is 5.93. The van der Waals surface area contributed by atoms with Crippen LogP contribution in [0.4, 0.5) is 9.59 Å². The number of fused-ring (bicyclic) bond motifs is 4. The van der Waals surface area contributed by atoms with Gasteiger partial charge in [-0.2, -0.15) is 0 Å². The van der Waals surface area contributed by atoms with Crippen LogP contribution in [0.25, 0.3) is 0 Å². The lowest BCUT2D eigenvalue weighted by Crippen LogP contribution is -2.45. The lowest BCUT2D eigenvalue weighted by atomic mass is 10.0. The summed E-state index contributed by atoms with van der Waals surface area (Å²) < 4.78 is 10.5. The van der Waals surface area contributed by atoms with Crippen molar-refractivity contribution in [3.8, 4) is 0 Å². The third-order valence-electron chi connectivity index (χ3n) is 6.07. The van der Waals surface area contributed by atoms with Crippen LogP contribution in [0, 0.1) is 11.8 Å². The first kappa shape index (κ1) is 23.1. The van der Waals surface area contributed by atoms with Crippen molar-refractivity contribution in [3.63, 3.8) is 0 Å². The lowest BCUT2D eigenvalue weighted by Gasteiger charge is -2.26. The van der Waals surface area contributed by atoms with Crippen LogP contribution in [-0.2, 0) is 9.47 Å². The maximum atomic E-state index is 11.5. The van der Waals surface area contributed by atoms with Gasteiger partial charge < -0.3 is 29.9 Å². The van der Waals surface area contributed by atoms with Crippen LogP contribution in [0.2, 0.25) is 0 Å². The number of rotatable bonds is 2. The molecular weight excluding hydrogens is 384 g/mol. The summed E-state index contributed by atoms with van der Waals surface area (Å²) in [5.41, 5.74) is -0.802. The first-order valence-electron chi connectivity index (χ1n) is 11.3. The quantitative estimate of drug-likeness (QED) is 0.708. The smallest absolute Gasteiger partial charge is 0.407 e. The second-order valence-electron chi connectivity index (χ2n) is 11.1. The first-order chi connectivity index (χ1) is 13.9. The van der Waals surface area contributed by atoms with Crippen LogP contribution in [0.5, 0.6) is 0 Å². The fraction of sp³-hybridized carbons (Fsp3) is 0.909. The van der Waals surface area contributed by atoms with Crippen molar-refractivity contribution < 1.29 is 19.1 Å². The number of nitrogens with one attached hydrogen (secondary N) is 2. The summed E-state index contributed by atoms with van der Waals surface area (Å²) in [5.74, 6) is 1.27. The third-order valence-corrected chi connectivity index (χ3v) is 6.07. The van der Waals surface area contributed by atoms with Crippen molar-refractivity contribution in [2.24, 2.45) is 11.8 Å². The number of ether oxygens (including phenoxy) is 2. The van der Waals surface area contributed by atoms with Crippen molar-refractivity contribution in [2.75, 3.05) is 39.3 Å². The van der Waals surface area contributed by atoms with E-state index in [2.05, 4.69) is 20.4 Å². The van der Waals surface area contributed by atoms with Crippen molar-refractivity contribution in [1.82, 2.24) is 20.4 Å². The van der Waals surface area contributed by atoms with Crippen molar-refractivity contribution in [2.45, 2.75) is 77.7 Å². The molecule has 0 aliphatic carbocycles. The average molecular weight is 425 g/mol. The molecule has 0 spiro atoms. The predicted molar refractivity (Wildman–Crippen MR) is 115 cm³/mol. The highest BCUT2D eigenvalue weighted by atomic mass is 16.6. The van der Waals surface area contributed by atoms with Crippen LogP contribution in [0.1, 0.15) is 54.4 Å². The molecule has 0 aromatic carbocycles. The Morgan fingerprint density at radius 2 is 1.07 bits per heavy atom. The number of nitrogens with zero attached hydrogens (tertiary/aromatic N) is 2. The van der Waals surface area contributed by atoms with E-state index in [0.717, 1.165) is 26.2 Å². The topological polar surface area (TPSA) is 83.1 Å². The molecule has 8 nitrogen and oxygen atoms in total. The number of carbonyl (C=O) groups is 2. The number of amides is 2. The monoisotopic (exact) mass is 424 g/mol. The maximum absolute atomic E-state index is 11.5. The molecular formula is C22H40N4O4. The average Bonchev–Trinajstić information content (AvgIpc) is 3.32. The van der Waals surface area contributed by atoms with Gasteiger partial charge in [0.1, 0.15) is 11.2 Å². The van der Waals surface area contributed by atoms with Gasteiger partial charge in [-0.3, -0.25) is 0 Å². The SMILES string of the molecule is CC(C)(C)OC(=O)N[C@@H]1CN2CC[C@H]1C2.CC(C)(C)OC(=O)N[C@H]1CN2CC[C@@H]1C2. The zero-order valence-corrected chi connectivity index (χ0v) is 19.5. The minimum absolute atomic E-state index is 0.277. The Labute approximate surface area is 181 Å². The molecule has 6 atom stereocenters. The Kier molecular flexibility index (Phi) is 6.87. The molecule has 2 unspecified atom stereocenters. The van der Waals surface area contributed by atoms with Crippen molar-refractivity contribution in [1.29, 1.82) is 0 Å². The van der Waals surface area contributed by atoms with Gasteiger partial charge in [0.25, 0.3) is 0 Å². The van der Waals surface area contributed by atoms with E-state index in [1.54, 1.807) is 0 Å². The van der Waals surface area contributed by atoms with Crippen molar-refractivity contribution in [3.05, 3.63) is 0 Å². The maximum Gasteiger partial charge on any atom is 0.407 e. The van der Waals surface area contributed by atoms with Gasteiger partial charge in [0.15, 0.2) is 0 Å². The van der Waals surface area contributed by atoms with Gasteiger partial charge >= 0.3 is 12.2 Å². The fourth-order valence-corrected chi connectivity index (χ4v) is 4.81. The number of hydrogen-bond donors (Lipinski definition) is 2. The summed E-state index contributed by atoms with van der Waals surface area (Å²) in [6, 6.07) is 0.599. The molecule has 0 aromatic rings. The molecule has 4 aliphatic rings. The van der Waals surface area contributed by atoms with Gasteiger partial charge in [-0.15, -0.1) is 0 Å². The summed E-state index contributed by atoms with van der Waals surface area (Å²) in [4.78, 5) is 27.9. The normalized spacial score (nSPS) is 34.2. The van der Waals surface area contributed by atoms with Gasteiger partial charge in [-0.25, -0.2) is 9.59 Å². The molecule has 4 saturated heterocycles. The molecule has 2 N–H and O–H groups in total. The molecule has 4 bridgehead atoms. The molecule has 4 fully saturated rings. The van der Waals surface area contributed by atoms with Crippen LogP contribution < -0.4 is 10.6 Å². The Hall–Kier alpha value is -1.54. The van der Waals surface area contributed by atoms with E-state index in [9.17, 15) is 9.59 Å². The highest BCUT2D eigenvalue weighted by Gasteiger charge is 2.40. The van der Waals surface area contributed by atoms with Crippen LogP contribution >= 0.6 is 0 Å². The lowest BCUT2D eigenvalue weighted by molar-refractivity contribution is 0.0478. The molecule has 4 rings (SSSR count). The van der Waals surface area contributed by atoms with Gasteiger partial charge in [0, 0.05) is 38.3 Å². The Balaban J connectivity index is 0.000000171. The number of piperidine rings is 2. The highest BCUT2D eigenvalue weighted by Crippen LogP contribution is 2.28. The Morgan fingerprint density at radius 3 is 1.30 bits per heavy atom. The number of alkyl carbamates (subject to hydrolysis) is 2. The minimum atomic E-state index is -0.401. The molecule has 0 saturated carbocycles. The van der Waals surface area contributed by atoms with E-state index in [1.165, 1.54) is 25.9 Å². The molecule has 0 radical (unpaired) electrons. The molecule has 4 aliphatic heterocycles. The van der Waals surface area contributed by atoms with Crippen LogP contribution in [0.3, 0.4) is 0 Å².